The molecular formula is C16H10F7NO2. The predicted molar refractivity (Wildman–Crippen MR) is 75.6 cm³/mol. The van der Waals surface area contributed by atoms with Crippen molar-refractivity contribution in [3.8, 4) is 5.75 Å². The maximum atomic E-state index is 13.6. The summed E-state index contributed by atoms with van der Waals surface area (Å²) in [6.07, 6.45) is -4.79. The molecule has 2 aromatic carbocycles. The number of hydrogen-bond donors (Lipinski definition) is 1. The number of hydrogen-bond acceptors (Lipinski definition) is 2. The Hall–Kier alpha value is -2.78. The third-order valence-electron chi connectivity index (χ3n) is 3.22. The monoisotopic (exact) mass is 381 g/mol. The zero-order chi connectivity index (χ0) is 19.5. The first-order valence-corrected chi connectivity index (χ1v) is 6.96. The molecule has 1 N–H and O–H groups in total. The van der Waals surface area contributed by atoms with Crippen LogP contribution in [0, 0.1) is 11.6 Å². The van der Waals surface area contributed by atoms with Gasteiger partial charge in [-0.25, -0.2) is 8.78 Å². The topological polar surface area (TPSA) is 38.3 Å². The lowest BCUT2D eigenvalue weighted by Gasteiger charge is -2.13. The first-order chi connectivity index (χ1) is 12.1. The molecular weight excluding hydrogens is 371 g/mol. The predicted octanol–water partition coefficient (Wildman–Crippen LogP) is 4.52. The smallest absolute Gasteiger partial charge is 0.416 e. The number of alkyl halides is 5. The van der Waals surface area contributed by atoms with Crippen molar-refractivity contribution in [2.45, 2.75) is 19.3 Å². The summed E-state index contributed by atoms with van der Waals surface area (Å²) in [5, 5.41) is 2.04. The van der Waals surface area contributed by atoms with Crippen molar-refractivity contribution < 1.29 is 40.3 Å². The van der Waals surface area contributed by atoms with E-state index in [1.54, 1.807) is 0 Å². The summed E-state index contributed by atoms with van der Waals surface area (Å²) in [5.74, 6) is -3.70. The maximum absolute atomic E-state index is 13.6. The van der Waals surface area contributed by atoms with Gasteiger partial charge in [-0.3, -0.25) is 4.79 Å². The molecule has 2 aromatic rings. The van der Waals surface area contributed by atoms with E-state index in [4.69, 9.17) is 0 Å². The average Bonchev–Trinajstić information content (AvgIpc) is 2.53. The first-order valence-electron chi connectivity index (χ1n) is 6.96. The fraction of sp³-hybridized carbons (Fsp3) is 0.188. The third-order valence-corrected chi connectivity index (χ3v) is 3.22. The van der Waals surface area contributed by atoms with Gasteiger partial charge in [0.25, 0.3) is 5.91 Å². The van der Waals surface area contributed by atoms with Gasteiger partial charge in [0.05, 0.1) is 11.1 Å². The van der Waals surface area contributed by atoms with Gasteiger partial charge in [-0.15, -0.1) is 0 Å². The summed E-state index contributed by atoms with van der Waals surface area (Å²) in [6, 6.07) is 3.79. The Morgan fingerprint density at radius 3 is 2.38 bits per heavy atom. The highest BCUT2D eigenvalue weighted by molar-refractivity contribution is 5.94. The van der Waals surface area contributed by atoms with Crippen LogP contribution in [0.4, 0.5) is 30.7 Å². The standard InChI is InChI=1S/C16H10F7NO2/c17-10-2-4-13(26-15(19)20)8(5-10)7-24-14(25)11-6-9(16(21,22)23)1-3-12(11)18/h1-6,15H,7H2,(H,24,25). The largest absolute Gasteiger partial charge is 0.434 e. The van der Waals surface area contributed by atoms with E-state index in [0.717, 1.165) is 18.2 Å². The highest BCUT2D eigenvalue weighted by atomic mass is 19.4. The van der Waals surface area contributed by atoms with Crippen molar-refractivity contribution in [3.05, 3.63) is 64.7 Å². The fourth-order valence-corrected chi connectivity index (χ4v) is 2.04. The minimum absolute atomic E-state index is 0.203. The molecule has 0 radical (unpaired) electrons. The summed E-state index contributed by atoms with van der Waals surface area (Å²) in [6.45, 7) is -3.79. The van der Waals surface area contributed by atoms with Crippen molar-refractivity contribution in [2.75, 3.05) is 0 Å². The Kier molecular flexibility index (Phi) is 5.73. The molecule has 0 aliphatic carbocycles. The molecule has 0 spiro atoms. The number of amides is 1. The molecule has 0 heterocycles. The number of nitrogens with one attached hydrogen (secondary N) is 1. The Labute approximate surface area is 142 Å². The van der Waals surface area contributed by atoms with E-state index in [1.807, 2.05) is 5.32 Å². The molecule has 0 fully saturated rings. The Balaban J connectivity index is 2.21. The first kappa shape index (κ1) is 19.5. The second kappa shape index (κ2) is 7.63. The summed E-state index contributed by atoms with van der Waals surface area (Å²) >= 11 is 0. The summed E-state index contributed by atoms with van der Waals surface area (Å²) in [7, 11) is 0. The quantitative estimate of drug-likeness (QED) is 0.774. The van der Waals surface area contributed by atoms with Crippen LogP contribution >= 0.6 is 0 Å². The minimum atomic E-state index is -4.79. The molecule has 0 saturated carbocycles. The number of rotatable bonds is 5. The number of benzene rings is 2. The molecule has 10 heteroatoms. The lowest BCUT2D eigenvalue weighted by Crippen LogP contribution is -2.25. The van der Waals surface area contributed by atoms with Gasteiger partial charge < -0.3 is 10.1 Å². The fourth-order valence-electron chi connectivity index (χ4n) is 2.04. The zero-order valence-electron chi connectivity index (χ0n) is 12.7. The van der Waals surface area contributed by atoms with Gasteiger partial charge in [0.15, 0.2) is 0 Å². The molecule has 26 heavy (non-hydrogen) atoms. The van der Waals surface area contributed by atoms with Gasteiger partial charge in [0.1, 0.15) is 17.4 Å². The van der Waals surface area contributed by atoms with E-state index in [2.05, 4.69) is 4.74 Å². The van der Waals surface area contributed by atoms with Gasteiger partial charge in [-0.2, -0.15) is 22.0 Å². The van der Waals surface area contributed by atoms with Crippen LogP contribution < -0.4 is 10.1 Å². The van der Waals surface area contributed by atoms with Gasteiger partial charge >= 0.3 is 12.8 Å². The highest BCUT2D eigenvalue weighted by Crippen LogP contribution is 2.30. The van der Waals surface area contributed by atoms with E-state index in [0.29, 0.717) is 18.2 Å². The molecule has 3 nitrogen and oxygen atoms in total. The number of carbonyl (C=O) groups is 1. The van der Waals surface area contributed by atoms with Crippen molar-refractivity contribution >= 4 is 5.91 Å². The molecule has 0 aromatic heterocycles. The second-order valence-corrected chi connectivity index (χ2v) is 5.01. The molecule has 0 atom stereocenters. The molecule has 0 unspecified atom stereocenters. The molecule has 140 valence electrons. The normalized spacial score (nSPS) is 11.5. The lowest BCUT2D eigenvalue weighted by atomic mass is 10.1. The van der Waals surface area contributed by atoms with E-state index in [-0.39, 0.29) is 5.56 Å². The molecule has 0 saturated heterocycles. The number of ether oxygens (including phenoxy) is 1. The SMILES string of the molecule is O=C(NCc1cc(F)ccc1OC(F)F)c1cc(C(F)(F)F)ccc1F. The van der Waals surface area contributed by atoms with Crippen LogP contribution in [0.15, 0.2) is 36.4 Å². The van der Waals surface area contributed by atoms with E-state index in [9.17, 15) is 35.5 Å². The van der Waals surface area contributed by atoms with Crippen LogP contribution in [0.25, 0.3) is 0 Å². The Bertz CT molecular complexity index is 806. The maximum Gasteiger partial charge on any atom is 0.416 e. The van der Waals surface area contributed by atoms with Crippen molar-refractivity contribution in [3.63, 3.8) is 0 Å². The second-order valence-electron chi connectivity index (χ2n) is 5.01. The van der Waals surface area contributed by atoms with Crippen LogP contribution in [0.1, 0.15) is 21.5 Å². The summed E-state index contributed by atoms with van der Waals surface area (Å²) in [4.78, 5) is 11.9. The van der Waals surface area contributed by atoms with Gasteiger partial charge in [-0.05, 0) is 36.4 Å². The lowest BCUT2D eigenvalue weighted by molar-refractivity contribution is -0.137. The van der Waals surface area contributed by atoms with Crippen LogP contribution in [0.3, 0.4) is 0 Å². The molecule has 1 amide bonds. The molecule has 0 bridgehead atoms. The number of halogens is 7. The summed E-state index contributed by atoms with van der Waals surface area (Å²) < 4.78 is 93.6. The Morgan fingerprint density at radius 2 is 1.77 bits per heavy atom. The van der Waals surface area contributed by atoms with Crippen molar-refractivity contribution in [1.82, 2.24) is 5.32 Å². The van der Waals surface area contributed by atoms with Crippen molar-refractivity contribution in [1.29, 1.82) is 0 Å². The van der Waals surface area contributed by atoms with Gasteiger partial charge in [0.2, 0.25) is 0 Å². The van der Waals surface area contributed by atoms with Crippen LogP contribution in [0.5, 0.6) is 5.75 Å². The average molecular weight is 381 g/mol. The van der Waals surface area contributed by atoms with Crippen LogP contribution in [-0.2, 0) is 12.7 Å². The van der Waals surface area contributed by atoms with E-state index in [1.165, 1.54) is 0 Å². The van der Waals surface area contributed by atoms with Gasteiger partial charge in [-0.1, -0.05) is 0 Å². The molecule has 0 aliphatic heterocycles. The molecule has 0 aliphatic rings. The van der Waals surface area contributed by atoms with E-state index < -0.39 is 53.8 Å². The Morgan fingerprint density at radius 1 is 1.08 bits per heavy atom. The van der Waals surface area contributed by atoms with E-state index >= 15 is 0 Å². The third kappa shape index (κ3) is 4.87. The van der Waals surface area contributed by atoms with Gasteiger partial charge in [0, 0.05) is 12.1 Å². The molecule has 2 rings (SSSR count). The minimum Gasteiger partial charge on any atom is -0.434 e. The number of carbonyl (C=O) groups excluding carboxylic acids is 1. The van der Waals surface area contributed by atoms with Crippen LogP contribution in [-0.4, -0.2) is 12.5 Å². The summed E-state index contributed by atoms with van der Waals surface area (Å²) in [5.41, 5.74) is -2.34. The zero-order valence-corrected chi connectivity index (χ0v) is 12.7. The van der Waals surface area contributed by atoms with Crippen molar-refractivity contribution in [2.24, 2.45) is 0 Å². The highest BCUT2D eigenvalue weighted by Gasteiger charge is 2.32. The van der Waals surface area contributed by atoms with Crippen LogP contribution in [0.2, 0.25) is 0 Å².